The van der Waals surface area contributed by atoms with Gasteiger partial charge in [0.25, 0.3) is 5.91 Å². The molecule has 0 radical (unpaired) electrons. The summed E-state index contributed by atoms with van der Waals surface area (Å²) in [5.74, 6) is -0.00106. The predicted octanol–water partition coefficient (Wildman–Crippen LogP) is 0.953. The molecular weight excluding hydrogens is 202 g/mol. The molecule has 1 atom stereocenters. The number of nitrogens with two attached hydrogens (primary N) is 1. The summed E-state index contributed by atoms with van der Waals surface area (Å²) >= 11 is 0. The van der Waals surface area contributed by atoms with Crippen LogP contribution >= 0.6 is 0 Å². The first-order chi connectivity index (χ1) is 7.66. The van der Waals surface area contributed by atoms with Crippen LogP contribution < -0.4 is 5.73 Å². The number of likely N-dealkylation sites (tertiary alicyclic amines) is 1. The van der Waals surface area contributed by atoms with E-state index in [-0.39, 0.29) is 11.9 Å². The Morgan fingerprint density at radius 2 is 2.38 bits per heavy atom. The SMILES string of the molecule is Cc1cccc(C(=O)N2CCCC(N)C2)n1. The van der Waals surface area contributed by atoms with E-state index in [9.17, 15) is 4.79 Å². The normalized spacial score (nSPS) is 20.9. The molecule has 0 aromatic carbocycles. The Labute approximate surface area is 95.5 Å². The van der Waals surface area contributed by atoms with Crippen LogP contribution in [-0.4, -0.2) is 34.9 Å². The predicted molar refractivity (Wildman–Crippen MR) is 62.1 cm³/mol. The van der Waals surface area contributed by atoms with E-state index in [2.05, 4.69) is 4.98 Å². The fourth-order valence-electron chi connectivity index (χ4n) is 2.02. The molecule has 0 aliphatic carbocycles. The largest absolute Gasteiger partial charge is 0.336 e. The van der Waals surface area contributed by atoms with Gasteiger partial charge in [-0.05, 0) is 31.9 Å². The average molecular weight is 219 g/mol. The Morgan fingerprint density at radius 3 is 3.06 bits per heavy atom. The van der Waals surface area contributed by atoms with Gasteiger partial charge in [-0.1, -0.05) is 6.07 Å². The number of rotatable bonds is 1. The van der Waals surface area contributed by atoms with E-state index in [0.29, 0.717) is 12.2 Å². The summed E-state index contributed by atoms with van der Waals surface area (Å²) < 4.78 is 0. The second kappa shape index (κ2) is 4.61. The van der Waals surface area contributed by atoms with Crippen molar-refractivity contribution in [3.63, 3.8) is 0 Å². The molecule has 2 heterocycles. The van der Waals surface area contributed by atoms with Gasteiger partial charge in [-0.3, -0.25) is 4.79 Å². The number of piperidine rings is 1. The monoisotopic (exact) mass is 219 g/mol. The van der Waals surface area contributed by atoms with Crippen LogP contribution in [0.5, 0.6) is 0 Å². The summed E-state index contributed by atoms with van der Waals surface area (Å²) in [5, 5.41) is 0. The van der Waals surface area contributed by atoms with Crippen LogP contribution in [0.2, 0.25) is 0 Å². The topological polar surface area (TPSA) is 59.2 Å². The first kappa shape index (κ1) is 11.1. The van der Waals surface area contributed by atoms with Crippen LogP contribution in [0.15, 0.2) is 18.2 Å². The molecule has 1 aromatic rings. The van der Waals surface area contributed by atoms with Crippen molar-refractivity contribution in [1.29, 1.82) is 0 Å². The lowest BCUT2D eigenvalue weighted by Gasteiger charge is -2.30. The highest BCUT2D eigenvalue weighted by molar-refractivity contribution is 5.92. The molecule has 0 bridgehead atoms. The molecule has 2 N–H and O–H groups in total. The van der Waals surface area contributed by atoms with Gasteiger partial charge in [0.1, 0.15) is 5.69 Å². The molecule has 4 nitrogen and oxygen atoms in total. The van der Waals surface area contributed by atoms with Crippen LogP contribution in [0.4, 0.5) is 0 Å². The van der Waals surface area contributed by atoms with E-state index in [1.807, 2.05) is 19.1 Å². The number of carbonyl (C=O) groups is 1. The molecule has 0 saturated carbocycles. The molecule has 1 aliphatic heterocycles. The maximum Gasteiger partial charge on any atom is 0.272 e. The summed E-state index contributed by atoms with van der Waals surface area (Å²) in [6.45, 7) is 3.33. The van der Waals surface area contributed by atoms with Gasteiger partial charge in [0.05, 0.1) is 0 Å². The maximum atomic E-state index is 12.1. The number of aryl methyl sites for hydroxylation is 1. The Kier molecular flexibility index (Phi) is 3.19. The van der Waals surface area contributed by atoms with Gasteiger partial charge >= 0.3 is 0 Å². The van der Waals surface area contributed by atoms with Gasteiger partial charge < -0.3 is 10.6 Å². The Balaban J connectivity index is 2.12. The molecule has 1 amide bonds. The smallest absolute Gasteiger partial charge is 0.272 e. The number of amides is 1. The van der Waals surface area contributed by atoms with Crippen LogP contribution in [-0.2, 0) is 0 Å². The molecule has 4 heteroatoms. The van der Waals surface area contributed by atoms with E-state index in [1.54, 1.807) is 11.0 Å². The van der Waals surface area contributed by atoms with E-state index < -0.39 is 0 Å². The lowest BCUT2D eigenvalue weighted by atomic mass is 10.1. The van der Waals surface area contributed by atoms with Crippen LogP contribution in [0.1, 0.15) is 29.0 Å². The summed E-state index contributed by atoms with van der Waals surface area (Å²) in [7, 11) is 0. The number of aromatic nitrogens is 1. The van der Waals surface area contributed by atoms with Gasteiger partial charge in [0.15, 0.2) is 0 Å². The van der Waals surface area contributed by atoms with Gasteiger partial charge in [0.2, 0.25) is 0 Å². The second-order valence-corrected chi connectivity index (χ2v) is 4.32. The minimum absolute atomic E-state index is 0.00106. The van der Waals surface area contributed by atoms with E-state index in [4.69, 9.17) is 5.73 Å². The zero-order valence-corrected chi connectivity index (χ0v) is 9.52. The first-order valence-electron chi connectivity index (χ1n) is 5.65. The fourth-order valence-corrected chi connectivity index (χ4v) is 2.02. The molecule has 1 fully saturated rings. The second-order valence-electron chi connectivity index (χ2n) is 4.32. The number of pyridine rings is 1. The minimum Gasteiger partial charge on any atom is -0.336 e. The quantitative estimate of drug-likeness (QED) is 0.765. The molecule has 1 aromatic heterocycles. The van der Waals surface area contributed by atoms with Crippen LogP contribution in [0, 0.1) is 6.92 Å². The standard InChI is InChI=1S/C12H17N3O/c1-9-4-2-6-11(14-9)12(16)15-7-3-5-10(13)8-15/h2,4,6,10H,3,5,7-8,13H2,1H3. The van der Waals surface area contributed by atoms with Crippen molar-refractivity contribution in [2.75, 3.05) is 13.1 Å². The van der Waals surface area contributed by atoms with Gasteiger partial charge in [-0.15, -0.1) is 0 Å². The Morgan fingerprint density at radius 1 is 1.56 bits per heavy atom. The number of hydrogen-bond acceptors (Lipinski definition) is 3. The van der Waals surface area contributed by atoms with Gasteiger partial charge in [-0.2, -0.15) is 0 Å². The Bertz CT molecular complexity index is 392. The molecule has 1 aliphatic rings. The molecule has 16 heavy (non-hydrogen) atoms. The molecule has 2 rings (SSSR count). The highest BCUT2D eigenvalue weighted by Gasteiger charge is 2.22. The van der Waals surface area contributed by atoms with E-state index >= 15 is 0 Å². The molecule has 1 unspecified atom stereocenters. The van der Waals surface area contributed by atoms with Crippen molar-refractivity contribution < 1.29 is 4.79 Å². The number of carbonyl (C=O) groups excluding carboxylic acids is 1. The van der Waals surface area contributed by atoms with Crippen molar-refractivity contribution in [1.82, 2.24) is 9.88 Å². The van der Waals surface area contributed by atoms with Crippen LogP contribution in [0.25, 0.3) is 0 Å². The average Bonchev–Trinajstić information content (AvgIpc) is 2.28. The van der Waals surface area contributed by atoms with Crippen molar-refractivity contribution in [2.45, 2.75) is 25.8 Å². The van der Waals surface area contributed by atoms with Gasteiger partial charge in [0, 0.05) is 24.8 Å². The van der Waals surface area contributed by atoms with Crippen molar-refractivity contribution in [3.05, 3.63) is 29.6 Å². The summed E-state index contributed by atoms with van der Waals surface area (Å²) in [5.41, 5.74) is 7.25. The zero-order chi connectivity index (χ0) is 11.5. The van der Waals surface area contributed by atoms with Crippen molar-refractivity contribution in [3.8, 4) is 0 Å². The number of hydrogen-bond donors (Lipinski definition) is 1. The van der Waals surface area contributed by atoms with E-state index in [0.717, 1.165) is 25.1 Å². The third-order valence-corrected chi connectivity index (χ3v) is 2.85. The molecule has 86 valence electrons. The summed E-state index contributed by atoms with van der Waals surface area (Å²) in [4.78, 5) is 18.1. The lowest BCUT2D eigenvalue weighted by Crippen LogP contribution is -2.45. The highest BCUT2D eigenvalue weighted by Crippen LogP contribution is 2.11. The number of nitrogens with zero attached hydrogens (tertiary/aromatic N) is 2. The van der Waals surface area contributed by atoms with Crippen molar-refractivity contribution >= 4 is 5.91 Å². The van der Waals surface area contributed by atoms with Crippen molar-refractivity contribution in [2.24, 2.45) is 5.73 Å². The van der Waals surface area contributed by atoms with Gasteiger partial charge in [-0.25, -0.2) is 4.98 Å². The molecule has 0 spiro atoms. The fraction of sp³-hybridized carbons (Fsp3) is 0.500. The zero-order valence-electron chi connectivity index (χ0n) is 9.52. The molecular formula is C12H17N3O. The van der Waals surface area contributed by atoms with E-state index in [1.165, 1.54) is 0 Å². The summed E-state index contributed by atoms with van der Waals surface area (Å²) in [6.07, 6.45) is 1.99. The first-order valence-corrected chi connectivity index (χ1v) is 5.65. The molecule has 1 saturated heterocycles. The Hall–Kier alpha value is -1.42. The third kappa shape index (κ3) is 2.39. The maximum absolute atomic E-state index is 12.1. The summed E-state index contributed by atoms with van der Waals surface area (Å²) in [6, 6.07) is 5.62. The minimum atomic E-state index is -0.00106. The third-order valence-electron chi connectivity index (χ3n) is 2.85. The highest BCUT2D eigenvalue weighted by atomic mass is 16.2. The van der Waals surface area contributed by atoms with Crippen LogP contribution in [0.3, 0.4) is 0 Å². The lowest BCUT2D eigenvalue weighted by molar-refractivity contribution is 0.0702.